The molecule has 1 heterocycles. The number of benzene rings is 2. The van der Waals surface area contributed by atoms with Gasteiger partial charge in [0.2, 0.25) is 5.95 Å². The number of hydrogen-bond donors (Lipinski definition) is 2. The van der Waals surface area contributed by atoms with Crippen LogP contribution in [0, 0.1) is 6.92 Å². The van der Waals surface area contributed by atoms with Gasteiger partial charge in [-0.2, -0.15) is 0 Å². The van der Waals surface area contributed by atoms with E-state index in [1.807, 2.05) is 56.3 Å². The average molecular weight is 389 g/mol. The van der Waals surface area contributed by atoms with E-state index < -0.39 is 0 Å². The molecule has 0 aliphatic rings. The van der Waals surface area contributed by atoms with Crippen molar-refractivity contribution in [2.45, 2.75) is 46.1 Å². The fourth-order valence-electron chi connectivity index (χ4n) is 3.02. The minimum atomic E-state index is -0.224. The summed E-state index contributed by atoms with van der Waals surface area (Å²) in [5.74, 6) is 0.184. The van der Waals surface area contributed by atoms with Crippen molar-refractivity contribution in [2.75, 3.05) is 5.32 Å². The highest BCUT2D eigenvalue weighted by Crippen LogP contribution is 2.24. The van der Waals surface area contributed by atoms with Crippen LogP contribution in [0.4, 0.5) is 11.6 Å². The first-order chi connectivity index (χ1) is 13.7. The van der Waals surface area contributed by atoms with Gasteiger partial charge in [-0.25, -0.2) is 9.97 Å². The van der Waals surface area contributed by atoms with Crippen molar-refractivity contribution in [2.24, 2.45) is 0 Å². The first kappa shape index (κ1) is 20.5. The first-order valence-corrected chi connectivity index (χ1v) is 9.81. The van der Waals surface area contributed by atoms with Crippen LogP contribution in [0.15, 0.2) is 60.7 Å². The van der Waals surface area contributed by atoms with E-state index in [1.54, 1.807) is 6.07 Å². The number of rotatable bonds is 5. The van der Waals surface area contributed by atoms with Gasteiger partial charge in [-0.3, -0.25) is 4.79 Å². The number of nitrogens with one attached hydrogen (secondary N) is 2. The lowest BCUT2D eigenvalue weighted by Gasteiger charge is -2.19. The second-order valence-electron chi connectivity index (χ2n) is 8.28. The lowest BCUT2D eigenvalue weighted by atomic mass is 9.87. The van der Waals surface area contributed by atoms with Crippen molar-refractivity contribution in [1.29, 1.82) is 0 Å². The van der Waals surface area contributed by atoms with Crippen molar-refractivity contribution in [3.05, 3.63) is 83.2 Å². The van der Waals surface area contributed by atoms with E-state index in [0.717, 1.165) is 16.9 Å². The Morgan fingerprint density at radius 2 is 1.62 bits per heavy atom. The molecular formula is C24H28N4O. The van der Waals surface area contributed by atoms with E-state index in [9.17, 15) is 4.79 Å². The van der Waals surface area contributed by atoms with Gasteiger partial charge in [-0.1, -0.05) is 63.2 Å². The summed E-state index contributed by atoms with van der Waals surface area (Å²) >= 11 is 0. The molecule has 1 aromatic heterocycles. The monoisotopic (exact) mass is 388 g/mol. The number of nitrogens with zero attached hydrogens (tertiary/aromatic N) is 2. The quantitative estimate of drug-likeness (QED) is 0.621. The fourth-order valence-corrected chi connectivity index (χ4v) is 3.02. The summed E-state index contributed by atoms with van der Waals surface area (Å²) in [6.45, 7) is 10.4. The number of hydrogen-bond acceptors (Lipinski definition) is 4. The average Bonchev–Trinajstić information content (AvgIpc) is 2.68. The van der Waals surface area contributed by atoms with Crippen LogP contribution in [-0.4, -0.2) is 15.9 Å². The van der Waals surface area contributed by atoms with Gasteiger partial charge in [0.1, 0.15) is 5.69 Å². The maximum atomic E-state index is 12.7. The van der Waals surface area contributed by atoms with Gasteiger partial charge in [0, 0.05) is 11.4 Å². The topological polar surface area (TPSA) is 66.9 Å². The second-order valence-corrected chi connectivity index (χ2v) is 8.28. The summed E-state index contributed by atoms with van der Waals surface area (Å²) in [5, 5.41) is 6.20. The van der Waals surface area contributed by atoms with Gasteiger partial charge in [-0.15, -0.1) is 0 Å². The Hall–Kier alpha value is -3.21. The van der Waals surface area contributed by atoms with Gasteiger partial charge in [0.15, 0.2) is 0 Å². The van der Waals surface area contributed by atoms with E-state index >= 15 is 0 Å². The molecule has 5 nitrogen and oxygen atoms in total. The molecule has 29 heavy (non-hydrogen) atoms. The minimum Gasteiger partial charge on any atom is -0.344 e. The molecule has 1 unspecified atom stereocenters. The molecule has 3 aromatic rings. The third-order valence-electron chi connectivity index (χ3n) is 4.74. The van der Waals surface area contributed by atoms with Crippen molar-refractivity contribution >= 4 is 17.5 Å². The molecule has 0 bridgehead atoms. The third kappa shape index (κ3) is 5.41. The molecule has 0 saturated carbocycles. The summed E-state index contributed by atoms with van der Waals surface area (Å²) in [7, 11) is 0. The largest absolute Gasteiger partial charge is 0.344 e. The predicted octanol–water partition coefficient (Wildman–Crippen LogP) is 5.32. The SMILES string of the molecule is Cc1cc(C(=O)NC(C)c2ccccc2)nc(Nc2ccc(C(C)(C)C)cc2)n1. The van der Waals surface area contributed by atoms with Crippen LogP contribution in [0.1, 0.15) is 61.0 Å². The summed E-state index contributed by atoms with van der Waals surface area (Å²) in [6.07, 6.45) is 0. The molecule has 3 rings (SSSR count). The Morgan fingerprint density at radius 1 is 0.966 bits per heavy atom. The highest BCUT2D eigenvalue weighted by molar-refractivity contribution is 5.93. The molecule has 0 saturated heterocycles. The highest BCUT2D eigenvalue weighted by Gasteiger charge is 2.15. The number of anilines is 2. The molecule has 150 valence electrons. The minimum absolute atomic E-state index is 0.0963. The van der Waals surface area contributed by atoms with Crippen LogP contribution in [0.5, 0.6) is 0 Å². The molecule has 2 aromatic carbocycles. The number of carbonyl (C=O) groups excluding carboxylic acids is 1. The molecule has 0 fully saturated rings. The highest BCUT2D eigenvalue weighted by atomic mass is 16.1. The standard InChI is InChI=1S/C24H28N4O/c1-16-15-21(22(29)26-17(2)18-9-7-6-8-10-18)28-23(25-16)27-20-13-11-19(12-14-20)24(3,4)5/h6-15,17H,1-5H3,(H,26,29)(H,25,27,28). The Kier molecular flexibility index (Phi) is 5.97. The summed E-state index contributed by atoms with van der Waals surface area (Å²) in [5.41, 5.74) is 4.35. The molecule has 0 radical (unpaired) electrons. The lowest BCUT2D eigenvalue weighted by Crippen LogP contribution is -2.27. The molecule has 0 aliphatic carbocycles. The van der Waals surface area contributed by atoms with E-state index in [4.69, 9.17) is 0 Å². The van der Waals surface area contributed by atoms with Crippen molar-refractivity contribution in [3.63, 3.8) is 0 Å². The summed E-state index contributed by atoms with van der Waals surface area (Å²) < 4.78 is 0. The van der Waals surface area contributed by atoms with Gasteiger partial charge in [0.05, 0.1) is 6.04 Å². The van der Waals surface area contributed by atoms with Gasteiger partial charge >= 0.3 is 0 Å². The molecule has 1 atom stereocenters. The van der Waals surface area contributed by atoms with Crippen LogP contribution in [-0.2, 0) is 5.41 Å². The zero-order valence-electron chi connectivity index (χ0n) is 17.7. The van der Waals surface area contributed by atoms with Crippen LogP contribution in [0.3, 0.4) is 0 Å². The lowest BCUT2D eigenvalue weighted by molar-refractivity contribution is 0.0934. The molecule has 2 N–H and O–H groups in total. The van der Waals surface area contributed by atoms with Gasteiger partial charge in [-0.05, 0) is 48.6 Å². The van der Waals surface area contributed by atoms with Crippen LogP contribution in [0.25, 0.3) is 0 Å². The molecule has 0 spiro atoms. The van der Waals surface area contributed by atoms with Gasteiger partial charge < -0.3 is 10.6 Å². The number of carbonyl (C=O) groups is 1. The molecular weight excluding hydrogens is 360 g/mol. The second kappa shape index (κ2) is 8.43. The maximum absolute atomic E-state index is 12.7. The van der Waals surface area contributed by atoms with Crippen molar-refractivity contribution < 1.29 is 4.79 Å². The van der Waals surface area contributed by atoms with Crippen LogP contribution < -0.4 is 10.6 Å². The molecule has 5 heteroatoms. The molecule has 1 amide bonds. The first-order valence-electron chi connectivity index (χ1n) is 9.81. The van der Waals surface area contributed by atoms with Crippen LogP contribution >= 0.6 is 0 Å². The van der Waals surface area contributed by atoms with Gasteiger partial charge in [0.25, 0.3) is 5.91 Å². The Balaban J connectivity index is 1.75. The van der Waals surface area contributed by atoms with Crippen molar-refractivity contribution in [3.8, 4) is 0 Å². The van der Waals surface area contributed by atoms with E-state index in [2.05, 4.69) is 53.5 Å². The summed E-state index contributed by atoms with van der Waals surface area (Å²) in [6, 6.07) is 19.6. The normalized spacial score (nSPS) is 12.3. The predicted molar refractivity (Wildman–Crippen MR) is 118 cm³/mol. The van der Waals surface area contributed by atoms with E-state index in [1.165, 1.54) is 5.56 Å². The Labute approximate surface area is 172 Å². The zero-order chi connectivity index (χ0) is 21.0. The maximum Gasteiger partial charge on any atom is 0.270 e. The number of amides is 1. The fraction of sp³-hybridized carbons (Fsp3) is 0.292. The third-order valence-corrected chi connectivity index (χ3v) is 4.74. The smallest absolute Gasteiger partial charge is 0.270 e. The zero-order valence-corrected chi connectivity index (χ0v) is 17.7. The Morgan fingerprint density at radius 3 is 2.24 bits per heavy atom. The number of aromatic nitrogens is 2. The van der Waals surface area contributed by atoms with Crippen molar-refractivity contribution in [1.82, 2.24) is 15.3 Å². The van der Waals surface area contributed by atoms with Crippen LogP contribution in [0.2, 0.25) is 0 Å². The number of aryl methyl sites for hydroxylation is 1. The molecule has 0 aliphatic heterocycles. The summed E-state index contributed by atoms with van der Waals surface area (Å²) in [4.78, 5) is 21.5. The Bertz CT molecular complexity index is 976. The van der Waals surface area contributed by atoms with E-state index in [-0.39, 0.29) is 17.4 Å². The van der Waals surface area contributed by atoms with E-state index in [0.29, 0.717) is 11.6 Å².